The first-order valence-corrected chi connectivity index (χ1v) is 23.7. The van der Waals surface area contributed by atoms with Gasteiger partial charge >= 0.3 is 17.9 Å². The number of nitrogens with zero attached hydrogens (tertiary/aromatic N) is 4. The molecule has 0 aliphatic carbocycles. The molecule has 15 nitrogen and oxygen atoms in total. The fraction of sp³-hybridized carbons (Fsp3) is 0.268. The standard InChI is InChI=1S/C29H26N2O6.C27H25N3O4/c1-16(32)36-15-17-10-11-31-23-7-5-4-6-19(23)25(24(31)12-17)27-26(28(33)37-29(27)34)21-14-30(2)22-9-8-18(35-3)13-20(21)22;1-29-13-19(18-12-16(34-2)7-8-20(18)29)24-25(27(33)28-26(24)32)23-17-5-3-4-6-21(17)30-10-9-15(14-31)11-22(23)30/h4-9,13-14,17H,10-12,15H2,1-3H3;3-8,12-13,15,31H,9-11,14H2,1-2H3,(H,28,32,33). The molecule has 15 heteroatoms. The number of hydrogen-bond acceptors (Lipinski definition) is 10. The number of esters is 3. The first-order valence-electron chi connectivity index (χ1n) is 23.7. The molecule has 8 aromatic rings. The minimum atomic E-state index is -0.661. The minimum Gasteiger partial charge on any atom is -0.497 e. The van der Waals surface area contributed by atoms with E-state index in [4.69, 9.17) is 18.9 Å². The fourth-order valence-electron chi connectivity index (χ4n) is 11.3. The van der Waals surface area contributed by atoms with Crippen LogP contribution in [0.1, 0.15) is 53.4 Å². The van der Waals surface area contributed by atoms with Gasteiger partial charge in [0.05, 0.1) is 43.1 Å². The van der Waals surface area contributed by atoms with Crippen molar-refractivity contribution in [2.45, 2.75) is 45.7 Å². The second kappa shape index (κ2) is 17.7. The molecule has 4 aliphatic rings. The number of rotatable bonds is 9. The first kappa shape index (κ1) is 45.3. The lowest BCUT2D eigenvalue weighted by molar-refractivity contribution is -0.149. The Morgan fingerprint density at radius 3 is 1.68 bits per heavy atom. The first-order chi connectivity index (χ1) is 34.4. The number of imide groups is 1. The van der Waals surface area contributed by atoms with Gasteiger partial charge in [0.15, 0.2) is 0 Å². The van der Waals surface area contributed by atoms with Crippen LogP contribution in [0.4, 0.5) is 0 Å². The van der Waals surface area contributed by atoms with E-state index in [0.717, 1.165) is 86.5 Å². The molecule has 4 aromatic carbocycles. The van der Waals surface area contributed by atoms with E-state index in [1.807, 2.05) is 114 Å². The number of aryl methyl sites for hydroxylation is 4. The van der Waals surface area contributed by atoms with Crippen LogP contribution in [-0.2, 0) is 73.5 Å². The molecule has 2 N–H and O–H groups in total. The monoisotopic (exact) mass is 953 g/mol. The zero-order chi connectivity index (χ0) is 49.4. The topological polar surface area (TPSA) is 174 Å². The van der Waals surface area contributed by atoms with Gasteiger partial charge in [-0.05, 0) is 80.1 Å². The lowest BCUT2D eigenvalue weighted by Gasteiger charge is -2.25. The van der Waals surface area contributed by atoms with E-state index in [9.17, 15) is 29.1 Å². The SMILES string of the molecule is COc1ccc2c(c1)c(C1=C(c3c4n(c5ccccc35)CCC(CO)C4)C(=O)NC1=O)cn2C.COc1ccc2c(c1)c(C1=C(c3c4n(c5ccccc35)CCC(COC(C)=O)C4)C(=O)OC1=O)cn2C. The molecular formula is C56H51N5O10. The van der Waals surface area contributed by atoms with Crippen molar-refractivity contribution in [3.05, 3.63) is 131 Å². The van der Waals surface area contributed by atoms with Gasteiger partial charge in [0.2, 0.25) is 0 Å². The summed E-state index contributed by atoms with van der Waals surface area (Å²) in [6.07, 6.45) is 6.74. The van der Waals surface area contributed by atoms with Crippen molar-refractivity contribution in [2.24, 2.45) is 25.9 Å². The molecule has 0 saturated heterocycles. The molecular weight excluding hydrogens is 903 g/mol. The Balaban J connectivity index is 0.000000155. The molecule has 0 radical (unpaired) electrons. The third kappa shape index (κ3) is 7.41. The lowest BCUT2D eigenvalue weighted by Crippen LogP contribution is -2.24. The number of carbonyl (C=O) groups excluding carboxylic acids is 5. The van der Waals surface area contributed by atoms with Gasteiger partial charge in [0.1, 0.15) is 11.5 Å². The third-order valence-electron chi connectivity index (χ3n) is 14.6. The van der Waals surface area contributed by atoms with Crippen LogP contribution in [0.25, 0.3) is 65.9 Å². The minimum absolute atomic E-state index is 0.0983. The van der Waals surface area contributed by atoms with Crippen LogP contribution in [0.15, 0.2) is 97.3 Å². The smallest absolute Gasteiger partial charge is 0.347 e. The number of fused-ring (bicyclic) bond motifs is 8. The summed E-state index contributed by atoms with van der Waals surface area (Å²) >= 11 is 0. The summed E-state index contributed by atoms with van der Waals surface area (Å²) in [5, 5.41) is 15.9. The van der Waals surface area contributed by atoms with Crippen LogP contribution in [0.5, 0.6) is 11.5 Å². The van der Waals surface area contributed by atoms with Crippen molar-refractivity contribution < 1.29 is 48.0 Å². The highest BCUT2D eigenvalue weighted by molar-refractivity contribution is 6.51. The Labute approximate surface area is 407 Å². The Morgan fingerprint density at radius 1 is 0.634 bits per heavy atom. The molecule has 2 unspecified atom stereocenters. The van der Waals surface area contributed by atoms with Gasteiger partial charge in [-0.2, -0.15) is 0 Å². The summed E-state index contributed by atoms with van der Waals surface area (Å²) in [5.41, 5.74) is 10.00. The second-order valence-electron chi connectivity index (χ2n) is 18.7. The average molecular weight is 954 g/mol. The maximum atomic E-state index is 13.3. The Hall–Kier alpha value is -8.17. The van der Waals surface area contributed by atoms with Crippen LogP contribution in [0.2, 0.25) is 0 Å². The van der Waals surface area contributed by atoms with Crippen molar-refractivity contribution in [1.29, 1.82) is 0 Å². The number of cyclic esters (lactones) is 2. The van der Waals surface area contributed by atoms with Gasteiger partial charge in [-0.1, -0.05) is 36.4 Å². The van der Waals surface area contributed by atoms with E-state index < -0.39 is 17.8 Å². The summed E-state index contributed by atoms with van der Waals surface area (Å²) < 4.78 is 29.8. The number of nitrogens with one attached hydrogen (secondary N) is 1. The second-order valence-corrected chi connectivity index (χ2v) is 18.7. The number of ether oxygens (including phenoxy) is 4. The Morgan fingerprint density at radius 2 is 1.13 bits per heavy atom. The molecule has 8 heterocycles. The van der Waals surface area contributed by atoms with Crippen LogP contribution >= 0.6 is 0 Å². The van der Waals surface area contributed by atoms with Gasteiger partial charge in [-0.25, -0.2) is 9.59 Å². The van der Waals surface area contributed by atoms with Crippen LogP contribution in [0, 0.1) is 11.8 Å². The van der Waals surface area contributed by atoms with E-state index in [-0.39, 0.29) is 41.5 Å². The molecule has 360 valence electrons. The number of methoxy groups -OCH3 is 2. The Bertz CT molecular complexity index is 3670. The number of amides is 2. The fourth-order valence-corrected chi connectivity index (χ4v) is 11.3. The van der Waals surface area contributed by atoms with Crippen molar-refractivity contribution in [3.8, 4) is 11.5 Å². The summed E-state index contributed by atoms with van der Waals surface area (Å²) in [6, 6.07) is 27.3. The largest absolute Gasteiger partial charge is 0.497 e. The molecule has 71 heavy (non-hydrogen) atoms. The van der Waals surface area contributed by atoms with E-state index in [2.05, 4.69) is 20.5 Å². The maximum Gasteiger partial charge on any atom is 0.347 e. The normalized spacial score (nSPS) is 17.8. The number of aliphatic hydroxyl groups excluding tert-OH is 1. The molecule has 2 atom stereocenters. The van der Waals surface area contributed by atoms with Crippen LogP contribution < -0.4 is 14.8 Å². The number of hydrogen-bond donors (Lipinski definition) is 2. The molecule has 2 amide bonds. The number of para-hydroxylation sites is 2. The quantitative estimate of drug-likeness (QED) is 0.0837. The average Bonchev–Trinajstić information content (AvgIpc) is 4.20. The summed E-state index contributed by atoms with van der Waals surface area (Å²) in [5.74, 6) is -0.830. The highest BCUT2D eigenvalue weighted by Crippen LogP contribution is 2.46. The zero-order valence-corrected chi connectivity index (χ0v) is 40.0. The predicted octanol–water partition coefficient (Wildman–Crippen LogP) is 7.52. The van der Waals surface area contributed by atoms with Gasteiger partial charge in [0.25, 0.3) is 11.8 Å². The molecule has 4 aliphatic heterocycles. The van der Waals surface area contributed by atoms with Crippen molar-refractivity contribution in [3.63, 3.8) is 0 Å². The molecule has 0 bridgehead atoms. The van der Waals surface area contributed by atoms with Crippen molar-refractivity contribution in [2.75, 3.05) is 27.4 Å². The maximum absolute atomic E-state index is 13.3. The summed E-state index contributed by atoms with van der Waals surface area (Å²) in [6.45, 7) is 3.31. The molecule has 4 aromatic heterocycles. The third-order valence-corrected chi connectivity index (χ3v) is 14.6. The van der Waals surface area contributed by atoms with Crippen molar-refractivity contribution in [1.82, 2.24) is 23.6 Å². The number of carbonyl (C=O) groups is 5. The van der Waals surface area contributed by atoms with Gasteiger partial charge in [-0.15, -0.1) is 0 Å². The molecule has 0 fully saturated rings. The van der Waals surface area contributed by atoms with Gasteiger partial charge in [-0.3, -0.25) is 19.7 Å². The van der Waals surface area contributed by atoms with Crippen LogP contribution in [-0.4, -0.2) is 80.5 Å². The molecule has 0 spiro atoms. The van der Waals surface area contributed by atoms with Gasteiger partial charge < -0.3 is 42.3 Å². The highest BCUT2D eigenvalue weighted by atomic mass is 16.6. The zero-order valence-electron chi connectivity index (χ0n) is 40.0. The molecule has 12 rings (SSSR count). The lowest BCUT2D eigenvalue weighted by atomic mass is 9.89. The molecule has 0 saturated carbocycles. The van der Waals surface area contributed by atoms with Gasteiger partial charge in [0, 0.05) is 136 Å². The van der Waals surface area contributed by atoms with E-state index in [1.165, 1.54) is 6.92 Å². The van der Waals surface area contributed by atoms with E-state index in [0.29, 0.717) is 58.8 Å². The van der Waals surface area contributed by atoms with E-state index in [1.54, 1.807) is 14.2 Å². The van der Waals surface area contributed by atoms with Crippen molar-refractivity contribution >= 4 is 95.6 Å². The van der Waals surface area contributed by atoms with Crippen LogP contribution in [0.3, 0.4) is 0 Å². The van der Waals surface area contributed by atoms with E-state index >= 15 is 0 Å². The number of aromatic nitrogens is 4. The predicted molar refractivity (Wildman–Crippen MR) is 268 cm³/mol. The number of benzene rings is 4. The number of aliphatic hydroxyl groups is 1. The Kier molecular flexibility index (Phi) is 11.3. The summed E-state index contributed by atoms with van der Waals surface area (Å²) in [7, 11) is 7.02. The summed E-state index contributed by atoms with van der Waals surface area (Å²) in [4.78, 5) is 64.6. The highest BCUT2D eigenvalue weighted by Gasteiger charge is 2.41.